The number of nitro groups is 1. The Kier molecular flexibility index (Phi) is 3.52. The lowest BCUT2D eigenvalue weighted by Gasteiger charge is -2.18. The molecule has 0 aliphatic heterocycles. The molecule has 1 aromatic carbocycles. The maximum atomic E-state index is 10.6. The van der Waals surface area contributed by atoms with Gasteiger partial charge in [-0.25, -0.2) is 0 Å². The molecule has 0 atom stereocenters. The summed E-state index contributed by atoms with van der Waals surface area (Å²) in [6.45, 7) is 1.95. The zero-order valence-corrected chi connectivity index (χ0v) is 9.71. The first-order chi connectivity index (χ1) is 6.97. The number of hydrogen-bond donors (Lipinski definition) is 0. The lowest BCUT2D eigenvalue weighted by Crippen LogP contribution is -2.12. The summed E-state index contributed by atoms with van der Waals surface area (Å²) < 4.78 is 0. The maximum absolute atomic E-state index is 10.6. The predicted molar refractivity (Wildman–Crippen MR) is 61.8 cm³/mol. The van der Waals surface area contributed by atoms with Crippen LogP contribution < -0.4 is 4.90 Å². The van der Waals surface area contributed by atoms with Gasteiger partial charge in [0.05, 0.1) is 15.6 Å². The lowest BCUT2D eigenvalue weighted by molar-refractivity contribution is -0.384. The van der Waals surface area contributed by atoms with Crippen LogP contribution in [-0.2, 0) is 6.42 Å². The molecule has 0 radical (unpaired) electrons. The minimum Gasteiger partial charge on any atom is -0.376 e. The lowest BCUT2D eigenvalue weighted by atomic mass is 10.1. The van der Waals surface area contributed by atoms with E-state index in [2.05, 4.69) is 0 Å². The third-order valence-corrected chi connectivity index (χ3v) is 2.45. The van der Waals surface area contributed by atoms with E-state index < -0.39 is 4.92 Å². The van der Waals surface area contributed by atoms with Gasteiger partial charge in [0, 0.05) is 26.2 Å². The van der Waals surface area contributed by atoms with Gasteiger partial charge < -0.3 is 4.90 Å². The fourth-order valence-electron chi connectivity index (χ4n) is 1.52. The van der Waals surface area contributed by atoms with Crippen molar-refractivity contribution in [1.82, 2.24) is 0 Å². The first-order valence-corrected chi connectivity index (χ1v) is 4.99. The van der Waals surface area contributed by atoms with Crippen molar-refractivity contribution in [2.24, 2.45) is 0 Å². The normalized spacial score (nSPS) is 10.1. The quantitative estimate of drug-likeness (QED) is 0.590. The molecule has 0 aromatic heterocycles. The second kappa shape index (κ2) is 4.49. The smallest absolute Gasteiger partial charge is 0.271 e. The van der Waals surface area contributed by atoms with Crippen LogP contribution in [0, 0.1) is 10.1 Å². The number of nitro benzene ring substituents is 1. The summed E-state index contributed by atoms with van der Waals surface area (Å²) in [5.41, 5.74) is 1.78. The van der Waals surface area contributed by atoms with E-state index in [1.54, 1.807) is 6.07 Å². The minimum absolute atomic E-state index is 0.0439. The van der Waals surface area contributed by atoms with Crippen molar-refractivity contribution in [1.29, 1.82) is 0 Å². The summed E-state index contributed by atoms with van der Waals surface area (Å²) in [6, 6.07) is 2.96. The molecule has 0 aliphatic rings. The van der Waals surface area contributed by atoms with Crippen molar-refractivity contribution in [2.45, 2.75) is 13.3 Å². The molecule has 0 spiro atoms. The fourth-order valence-corrected chi connectivity index (χ4v) is 1.92. The molecule has 0 aliphatic carbocycles. The van der Waals surface area contributed by atoms with E-state index in [0.717, 1.165) is 17.7 Å². The van der Waals surface area contributed by atoms with E-state index in [1.165, 1.54) is 6.07 Å². The number of nitrogens with zero attached hydrogens (tertiary/aromatic N) is 2. The van der Waals surface area contributed by atoms with Crippen molar-refractivity contribution in [3.8, 4) is 0 Å². The Bertz CT molecular complexity index is 391. The number of rotatable bonds is 3. The highest BCUT2D eigenvalue weighted by atomic mass is 35.5. The monoisotopic (exact) mass is 228 g/mol. The van der Waals surface area contributed by atoms with Crippen LogP contribution in [0.3, 0.4) is 0 Å². The standard InChI is InChI=1S/C10H13ClN2O2/c1-4-7-5-8(13(14)15)6-9(11)10(7)12(2)3/h5-6H,4H2,1-3H3. The molecule has 4 nitrogen and oxygen atoms in total. The summed E-state index contributed by atoms with van der Waals surface area (Å²) in [5, 5.41) is 11.1. The van der Waals surface area contributed by atoms with Crippen LogP contribution in [-0.4, -0.2) is 19.0 Å². The van der Waals surface area contributed by atoms with Gasteiger partial charge in [0.1, 0.15) is 0 Å². The fraction of sp³-hybridized carbons (Fsp3) is 0.400. The van der Waals surface area contributed by atoms with Crippen LogP contribution in [0.2, 0.25) is 5.02 Å². The van der Waals surface area contributed by atoms with Crippen molar-refractivity contribution >= 4 is 23.0 Å². The molecule has 15 heavy (non-hydrogen) atoms. The van der Waals surface area contributed by atoms with Crippen molar-refractivity contribution in [2.75, 3.05) is 19.0 Å². The SMILES string of the molecule is CCc1cc([N+](=O)[O-])cc(Cl)c1N(C)C. The van der Waals surface area contributed by atoms with Crippen LogP contribution in [0.15, 0.2) is 12.1 Å². The van der Waals surface area contributed by atoms with Crippen molar-refractivity contribution < 1.29 is 4.92 Å². The van der Waals surface area contributed by atoms with E-state index in [9.17, 15) is 10.1 Å². The number of anilines is 1. The molecule has 1 aromatic rings. The number of non-ortho nitro benzene ring substituents is 1. The van der Waals surface area contributed by atoms with Gasteiger partial charge in [0.25, 0.3) is 5.69 Å². The van der Waals surface area contributed by atoms with E-state index >= 15 is 0 Å². The molecule has 0 fully saturated rings. The van der Waals surface area contributed by atoms with Crippen LogP contribution in [0.1, 0.15) is 12.5 Å². The molecule has 0 bridgehead atoms. The highest BCUT2D eigenvalue weighted by Gasteiger charge is 2.15. The molecule has 82 valence electrons. The van der Waals surface area contributed by atoms with Crippen LogP contribution in [0.5, 0.6) is 0 Å². The van der Waals surface area contributed by atoms with Gasteiger partial charge >= 0.3 is 0 Å². The summed E-state index contributed by atoms with van der Waals surface area (Å²) >= 11 is 6.01. The Morgan fingerprint density at radius 1 is 1.47 bits per heavy atom. The Balaban J connectivity index is 3.37. The number of aryl methyl sites for hydroxylation is 1. The largest absolute Gasteiger partial charge is 0.376 e. The predicted octanol–water partition coefficient (Wildman–Crippen LogP) is 2.88. The molecule has 0 amide bonds. The molecule has 0 heterocycles. The molecule has 0 N–H and O–H groups in total. The van der Waals surface area contributed by atoms with E-state index in [4.69, 9.17) is 11.6 Å². The third-order valence-electron chi connectivity index (χ3n) is 2.17. The van der Waals surface area contributed by atoms with Gasteiger partial charge in [0.2, 0.25) is 0 Å². The molecular weight excluding hydrogens is 216 g/mol. The Morgan fingerprint density at radius 3 is 2.47 bits per heavy atom. The Morgan fingerprint density at radius 2 is 2.07 bits per heavy atom. The van der Waals surface area contributed by atoms with Crippen molar-refractivity contribution in [3.63, 3.8) is 0 Å². The van der Waals surface area contributed by atoms with Gasteiger partial charge in [-0.15, -0.1) is 0 Å². The van der Waals surface area contributed by atoms with Crippen LogP contribution in [0.25, 0.3) is 0 Å². The summed E-state index contributed by atoms with van der Waals surface area (Å²) in [4.78, 5) is 12.1. The molecule has 0 saturated carbocycles. The molecule has 1 rings (SSSR count). The zero-order chi connectivity index (χ0) is 11.6. The van der Waals surface area contributed by atoms with Gasteiger partial charge in [-0.3, -0.25) is 10.1 Å². The topological polar surface area (TPSA) is 46.4 Å². The second-order valence-electron chi connectivity index (χ2n) is 3.44. The Labute approximate surface area is 93.6 Å². The van der Waals surface area contributed by atoms with E-state index in [0.29, 0.717) is 5.02 Å². The molecule has 0 saturated heterocycles. The Hall–Kier alpha value is -1.29. The first-order valence-electron chi connectivity index (χ1n) is 4.61. The number of benzene rings is 1. The minimum atomic E-state index is -0.426. The third kappa shape index (κ3) is 2.39. The molecule has 0 unspecified atom stereocenters. The second-order valence-corrected chi connectivity index (χ2v) is 3.85. The number of hydrogen-bond acceptors (Lipinski definition) is 3. The highest BCUT2D eigenvalue weighted by molar-refractivity contribution is 6.33. The summed E-state index contributed by atoms with van der Waals surface area (Å²) in [7, 11) is 3.73. The maximum Gasteiger partial charge on any atom is 0.271 e. The molecule has 5 heteroatoms. The average molecular weight is 229 g/mol. The number of halogens is 1. The summed E-state index contributed by atoms with van der Waals surface area (Å²) in [6.07, 6.45) is 0.717. The average Bonchev–Trinajstić information content (AvgIpc) is 2.15. The van der Waals surface area contributed by atoms with E-state index in [1.807, 2.05) is 25.9 Å². The van der Waals surface area contributed by atoms with Gasteiger partial charge in [-0.2, -0.15) is 0 Å². The first kappa shape index (κ1) is 11.8. The van der Waals surface area contributed by atoms with Gasteiger partial charge in [-0.05, 0) is 12.0 Å². The molecular formula is C10H13ClN2O2. The zero-order valence-electron chi connectivity index (χ0n) is 8.95. The van der Waals surface area contributed by atoms with Gasteiger partial charge in [-0.1, -0.05) is 18.5 Å². The van der Waals surface area contributed by atoms with Gasteiger partial charge in [0.15, 0.2) is 0 Å². The van der Waals surface area contributed by atoms with Crippen LogP contribution >= 0.6 is 11.6 Å². The highest BCUT2D eigenvalue weighted by Crippen LogP contribution is 2.33. The van der Waals surface area contributed by atoms with E-state index in [-0.39, 0.29) is 5.69 Å². The van der Waals surface area contributed by atoms with Crippen molar-refractivity contribution in [3.05, 3.63) is 32.8 Å². The van der Waals surface area contributed by atoms with Crippen LogP contribution in [0.4, 0.5) is 11.4 Å². The summed E-state index contributed by atoms with van der Waals surface area (Å²) in [5.74, 6) is 0.